The van der Waals surface area contributed by atoms with Gasteiger partial charge in [0.25, 0.3) is 0 Å². The topological polar surface area (TPSA) is 9.23 Å². The molecule has 0 saturated heterocycles. The van der Waals surface area contributed by atoms with E-state index < -0.39 is 30.3 Å². The van der Waals surface area contributed by atoms with Crippen LogP contribution < -0.4 is 0 Å². The molecule has 0 spiro atoms. The van der Waals surface area contributed by atoms with Gasteiger partial charge in [-0.05, 0) is 5.92 Å². The first kappa shape index (κ1) is 15.7. The molecule has 0 N–H and O–H groups in total. The zero-order chi connectivity index (χ0) is 13.1. The van der Waals surface area contributed by atoms with Crippen LogP contribution in [0.25, 0.3) is 0 Å². The summed E-state index contributed by atoms with van der Waals surface area (Å²) in [6, 6.07) is 0. The Morgan fingerprint density at radius 3 is 1.69 bits per heavy atom. The number of alkyl halides is 4. The number of ether oxygens (including phenoxy) is 1. The van der Waals surface area contributed by atoms with Crippen LogP contribution in [0, 0.1) is 11.8 Å². The summed E-state index contributed by atoms with van der Waals surface area (Å²) in [5, 5.41) is 0. The molecule has 0 aromatic heterocycles. The standard InChI is InChI=1S/C11H20F4O/c1-7(2)9(16-5)6-10(12,13)11(14,15)8(3)4/h7-9H,6H2,1-5H3. The molecular formula is C11H20F4O. The van der Waals surface area contributed by atoms with Crippen LogP contribution in [0.3, 0.4) is 0 Å². The van der Waals surface area contributed by atoms with Gasteiger partial charge in [0.15, 0.2) is 0 Å². The number of hydrogen-bond acceptors (Lipinski definition) is 1. The Balaban J connectivity index is 4.79. The van der Waals surface area contributed by atoms with E-state index in [1.54, 1.807) is 13.8 Å². The smallest absolute Gasteiger partial charge is 0.312 e. The summed E-state index contributed by atoms with van der Waals surface area (Å²) < 4.78 is 58.2. The lowest BCUT2D eigenvalue weighted by Gasteiger charge is -2.32. The molecule has 0 rings (SSSR count). The third-order valence-corrected chi connectivity index (χ3v) is 2.72. The molecule has 0 heterocycles. The monoisotopic (exact) mass is 244 g/mol. The normalized spacial score (nSPS) is 15.9. The minimum atomic E-state index is -4.04. The third kappa shape index (κ3) is 3.34. The van der Waals surface area contributed by atoms with Gasteiger partial charge < -0.3 is 4.74 Å². The molecule has 0 aliphatic rings. The van der Waals surface area contributed by atoms with Gasteiger partial charge in [0.05, 0.1) is 6.10 Å². The van der Waals surface area contributed by atoms with Crippen LogP contribution in [-0.4, -0.2) is 25.1 Å². The molecular weight excluding hydrogens is 224 g/mol. The van der Waals surface area contributed by atoms with E-state index >= 15 is 0 Å². The summed E-state index contributed by atoms with van der Waals surface area (Å²) >= 11 is 0. The molecule has 1 nitrogen and oxygen atoms in total. The fourth-order valence-electron chi connectivity index (χ4n) is 1.40. The largest absolute Gasteiger partial charge is 0.381 e. The summed E-state index contributed by atoms with van der Waals surface area (Å²) in [4.78, 5) is 0. The fourth-order valence-corrected chi connectivity index (χ4v) is 1.40. The molecule has 5 heteroatoms. The highest BCUT2D eigenvalue weighted by atomic mass is 19.3. The maximum Gasteiger partial charge on any atom is 0.312 e. The number of rotatable bonds is 6. The second kappa shape index (κ2) is 5.34. The summed E-state index contributed by atoms with van der Waals surface area (Å²) in [5.74, 6) is -9.66. The molecule has 0 aliphatic heterocycles. The van der Waals surface area contributed by atoms with Crippen LogP contribution >= 0.6 is 0 Å². The molecule has 16 heavy (non-hydrogen) atoms. The van der Waals surface area contributed by atoms with Crippen molar-refractivity contribution in [1.82, 2.24) is 0 Å². The minimum absolute atomic E-state index is 0.223. The maximum atomic E-state index is 13.4. The highest BCUT2D eigenvalue weighted by Crippen LogP contribution is 2.43. The lowest BCUT2D eigenvalue weighted by Crippen LogP contribution is -2.47. The Morgan fingerprint density at radius 1 is 1.00 bits per heavy atom. The van der Waals surface area contributed by atoms with E-state index in [4.69, 9.17) is 4.74 Å². The van der Waals surface area contributed by atoms with Crippen molar-refractivity contribution in [1.29, 1.82) is 0 Å². The highest BCUT2D eigenvalue weighted by Gasteiger charge is 2.58. The number of halogens is 4. The lowest BCUT2D eigenvalue weighted by atomic mass is 9.92. The summed E-state index contributed by atoms with van der Waals surface area (Å²) in [7, 11) is 1.26. The van der Waals surface area contributed by atoms with E-state index in [0.29, 0.717) is 0 Å². The van der Waals surface area contributed by atoms with Gasteiger partial charge in [-0.15, -0.1) is 0 Å². The third-order valence-electron chi connectivity index (χ3n) is 2.72. The summed E-state index contributed by atoms with van der Waals surface area (Å²) in [6.07, 6.45) is -1.81. The van der Waals surface area contributed by atoms with Gasteiger partial charge in [-0.1, -0.05) is 27.7 Å². The van der Waals surface area contributed by atoms with Gasteiger partial charge in [-0.3, -0.25) is 0 Å². The second-order valence-electron chi connectivity index (χ2n) is 4.70. The van der Waals surface area contributed by atoms with E-state index in [2.05, 4.69) is 0 Å². The Kier molecular flexibility index (Phi) is 5.23. The number of methoxy groups -OCH3 is 1. The highest BCUT2D eigenvalue weighted by molar-refractivity contribution is 4.89. The van der Waals surface area contributed by atoms with Crippen LogP contribution in [0.2, 0.25) is 0 Å². The van der Waals surface area contributed by atoms with Gasteiger partial charge in [0, 0.05) is 19.4 Å². The predicted molar refractivity (Wildman–Crippen MR) is 55.0 cm³/mol. The van der Waals surface area contributed by atoms with Crippen LogP contribution in [0.4, 0.5) is 17.6 Å². The van der Waals surface area contributed by atoms with Gasteiger partial charge in [-0.2, -0.15) is 17.6 Å². The Bertz CT molecular complexity index is 214. The van der Waals surface area contributed by atoms with Crippen LogP contribution in [0.5, 0.6) is 0 Å². The van der Waals surface area contributed by atoms with Crippen molar-refractivity contribution in [3.63, 3.8) is 0 Å². The van der Waals surface area contributed by atoms with Crippen molar-refractivity contribution in [3.05, 3.63) is 0 Å². The van der Waals surface area contributed by atoms with Crippen molar-refractivity contribution in [2.75, 3.05) is 7.11 Å². The van der Waals surface area contributed by atoms with Gasteiger partial charge in [0.2, 0.25) is 0 Å². The van der Waals surface area contributed by atoms with Crippen LogP contribution in [0.1, 0.15) is 34.1 Å². The first-order chi connectivity index (χ1) is 7.06. The SMILES string of the molecule is COC(CC(F)(F)C(F)(F)C(C)C)C(C)C. The van der Waals surface area contributed by atoms with Crippen molar-refractivity contribution in [2.45, 2.75) is 52.1 Å². The molecule has 0 bridgehead atoms. The van der Waals surface area contributed by atoms with Crippen molar-refractivity contribution in [3.8, 4) is 0 Å². The Labute approximate surface area is 94.2 Å². The average molecular weight is 244 g/mol. The van der Waals surface area contributed by atoms with E-state index in [1.165, 1.54) is 7.11 Å². The van der Waals surface area contributed by atoms with Gasteiger partial charge in [0.1, 0.15) is 0 Å². The van der Waals surface area contributed by atoms with Crippen LogP contribution in [-0.2, 0) is 4.74 Å². The quantitative estimate of drug-likeness (QED) is 0.642. The Hall–Kier alpha value is -0.320. The molecule has 0 amide bonds. The zero-order valence-electron chi connectivity index (χ0n) is 10.4. The van der Waals surface area contributed by atoms with Gasteiger partial charge in [-0.25, -0.2) is 0 Å². The summed E-state index contributed by atoms with van der Waals surface area (Å²) in [5.41, 5.74) is 0. The first-order valence-electron chi connectivity index (χ1n) is 5.34. The molecule has 98 valence electrons. The fraction of sp³-hybridized carbons (Fsp3) is 1.00. The molecule has 0 radical (unpaired) electrons. The molecule has 1 unspecified atom stereocenters. The van der Waals surface area contributed by atoms with E-state index in [0.717, 1.165) is 13.8 Å². The lowest BCUT2D eigenvalue weighted by molar-refractivity contribution is -0.244. The first-order valence-corrected chi connectivity index (χ1v) is 5.34. The summed E-state index contributed by atoms with van der Waals surface area (Å²) in [6.45, 7) is 5.51. The zero-order valence-corrected chi connectivity index (χ0v) is 10.4. The van der Waals surface area contributed by atoms with Crippen molar-refractivity contribution in [2.24, 2.45) is 11.8 Å². The average Bonchev–Trinajstić information content (AvgIpc) is 2.13. The molecule has 0 saturated carbocycles. The maximum absolute atomic E-state index is 13.4. The van der Waals surface area contributed by atoms with Gasteiger partial charge >= 0.3 is 11.8 Å². The minimum Gasteiger partial charge on any atom is -0.381 e. The molecule has 0 aliphatic carbocycles. The number of hydrogen-bond donors (Lipinski definition) is 0. The molecule has 1 atom stereocenters. The molecule has 0 aromatic rings. The van der Waals surface area contributed by atoms with E-state index in [9.17, 15) is 17.6 Å². The van der Waals surface area contributed by atoms with Crippen LogP contribution in [0.15, 0.2) is 0 Å². The van der Waals surface area contributed by atoms with Crippen molar-refractivity contribution >= 4 is 0 Å². The molecule has 0 aromatic carbocycles. The molecule has 0 fully saturated rings. The second-order valence-corrected chi connectivity index (χ2v) is 4.70. The predicted octanol–water partition coefficient (Wildman–Crippen LogP) is 3.97. The van der Waals surface area contributed by atoms with Crippen molar-refractivity contribution < 1.29 is 22.3 Å². The Morgan fingerprint density at radius 2 is 1.44 bits per heavy atom. The van der Waals surface area contributed by atoms with E-state index in [1.807, 2.05) is 0 Å². The van der Waals surface area contributed by atoms with E-state index in [-0.39, 0.29) is 5.92 Å².